The van der Waals surface area contributed by atoms with Gasteiger partial charge in [-0.1, -0.05) is 24.6 Å². The molecule has 0 unspecified atom stereocenters. The summed E-state index contributed by atoms with van der Waals surface area (Å²) < 4.78 is 5.60. The Morgan fingerprint density at radius 2 is 2.24 bits per heavy atom. The number of hydrogen-bond donors (Lipinski definition) is 2. The molecule has 2 rings (SSSR count). The summed E-state index contributed by atoms with van der Waals surface area (Å²) >= 11 is 6.06. The normalized spacial score (nSPS) is 24.8. The van der Waals surface area contributed by atoms with Crippen molar-refractivity contribution < 1.29 is 14.9 Å². The molecule has 4 nitrogen and oxygen atoms in total. The fraction of sp³-hybridized carbons (Fsp3) is 0.625. The number of nitrogens with zero attached hydrogens (tertiary/aromatic N) is 1. The van der Waals surface area contributed by atoms with Gasteiger partial charge in [0.05, 0.1) is 11.1 Å². The molecular formula is C16H24ClNO3. The summed E-state index contributed by atoms with van der Waals surface area (Å²) in [6.45, 7) is 6.25. The predicted molar refractivity (Wildman–Crippen MR) is 83.9 cm³/mol. The van der Waals surface area contributed by atoms with Crippen molar-refractivity contribution in [1.82, 2.24) is 4.90 Å². The Bertz CT molecular complexity index is 469. The van der Waals surface area contributed by atoms with Crippen molar-refractivity contribution in [2.75, 3.05) is 26.2 Å². The first kappa shape index (κ1) is 16.6. The fourth-order valence-electron chi connectivity index (χ4n) is 2.54. The molecule has 0 saturated carbocycles. The zero-order valence-corrected chi connectivity index (χ0v) is 13.4. The van der Waals surface area contributed by atoms with E-state index >= 15 is 0 Å². The molecule has 0 aromatic heterocycles. The van der Waals surface area contributed by atoms with Crippen LogP contribution < -0.4 is 4.74 Å². The molecule has 5 heteroatoms. The highest BCUT2D eigenvalue weighted by atomic mass is 35.5. The highest BCUT2D eigenvalue weighted by Crippen LogP contribution is 2.25. The Hall–Kier alpha value is -0.810. The van der Waals surface area contributed by atoms with E-state index in [9.17, 15) is 10.2 Å². The van der Waals surface area contributed by atoms with Crippen molar-refractivity contribution >= 4 is 11.6 Å². The van der Waals surface area contributed by atoms with E-state index in [0.29, 0.717) is 29.8 Å². The largest absolute Gasteiger partial charge is 0.489 e. The summed E-state index contributed by atoms with van der Waals surface area (Å²) in [5, 5.41) is 20.5. The second-order valence-electron chi connectivity index (χ2n) is 5.99. The number of piperidine rings is 1. The second-order valence-corrected chi connectivity index (χ2v) is 6.40. The summed E-state index contributed by atoms with van der Waals surface area (Å²) in [6.07, 6.45) is 0.0543. The number of aliphatic hydroxyl groups is 2. The van der Waals surface area contributed by atoms with E-state index in [-0.39, 0.29) is 12.7 Å². The lowest BCUT2D eigenvalue weighted by Crippen LogP contribution is -2.46. The van der Waals surface area contributed by atoms with Gasteiger partial charge < -0.3 is 14.9 Å². The van der Waals surface area contributed by atoms with Crippen LogP contribution in [0.1, 0.15) is 18.9 Å². The van der Waals surface area contributed by atoms with Crippen LogP contribution in [0.15, 0.2) is 18.2 Å². The zero-order valence-electron chi connectivity index (χ0n) is 12.6. The Balaban J connectivity index is 1.79. The van der Waals surface area contributed by atoms with E-state index in [4.69, 9.17) is 16.3 Å². The lowest BCUT2D eigenvalue weighted by Gasteiger charge is -2.35. The third-order valence-corrected chi connectivity index (χ3v) is 4.30. The minimum atomic E-state index is -0.595. The van der Waals surface area contributed by atoms with Crippen molar-refractivity contribution in [3.63, 3.8) is 0 Å². The molecule has 1 saturated heterocycles. The number of hydrogen-bond acceptors (Lipinski definition) is 4. The zero-order chi connectivity index (χ0) is 15.4. The molecular weight excluding hydrogens is 290 g/mol. The molecule has 0 aliphatic carbocycles. The molecule has 3 atom stereocenters. The van der Waals surface area contributed by atoms with Crippen molar-refractivity contribution in [3.8, 4) is 5.75 Å². The Labute approximate surface area is 131 Å². The maximum atomic E-state index is 10.1. The minimum Gasteiger partial charge on any atom is -0.489 e. The Kier molecular flexibility index (Phi) is 5.88. The standard InChI is InChI=1S/C16H24ClNO3/c1-11-3-4-14(17)16(7-11)21-10-13(19)8-18-6-5-12(2)15(20)9-18/h3-4,7,12-13,15,19-20H,5-6,8-10H2,1-2H3/t12-,13-,15+/m1/s1. The molecule has 1 aromatic carbocycles. The maximum absolute atomic E-state index is 10.1. The smallest absolute Gasteiger partial charge is 0.138 e. The van der Waals surface area contributed by atoms with Gasteiger partial charge in [0.2, 0.25) is 0 Å². The first-order chi connectivity index (χ1) is 9.95. The number of likely N-dealkylation sites (tertiary alicyclic amines) is 1. The van der Waals surface area contributed by atoms with E-state index in [2.05, 4.69) is 11.8 Å². The number of aliphatic hydroxyl groups excluding tert-OH is 2. The first-order valence-corrected chi connectivity index (χ1v) is 7.81. The molecule has 0 bridgehead atoms. The average molecular weight is 314 g/mol. The van der Waals surface area contributed by atoms with Crippen LogP contribution in [0.4, 0.5) is 0 Å². The topological polar surface area (TPSA) is 52.9 Å². The Morgan fingerprint density at radius 3 is 2.95 bits per heavy atom. The van der Waals surface area contributed by atoms with Gasteiger partial charge in [-0.3, -0.25) is 4.90 Å². The van der Waals surface area contributed by atoms with E-state index in [0.717, 1.165) is 18.5 Å². The van der Waals surface area contributed by atoms with Crippen LogP contribution in [-0.4, -0.2) is 53.6 Å². The maximum Gasteiger partial charge on any atom is 0.138 e. The SMILES string of the molecule is Cc1ccc(Cl)c(OC[C@H](O)CN2CC[C@@H](C)[C@@H](O)C2)c1. The summed E-state index contributed by atoms with van der Waals surface area (Å²) in [5.41, 5.74) is 1.07. The van der Waals surface area contributed by atoms with Crippen LogP contribution in [0.2, 0.25) is 5.02 Å². The average Bonchev–Trinajstić information content (AvgIpc) is 2.44. The van der Waals surface area contributed by atoms with Crippen LogP contribution in [0.5, 0.6) is 5.75 Å². The summed E-state index contributed by atoms with van der Waals surface area (Å²) in [4.78, 5) is 2.08. The molecule has 1 fully saturated rings. The lowest BCUT2D eigenvalue weighted by molar-refractivity contribution is 0.000147. The van der Waals surface area contributed by atoms with Gasteiger partial charge in [-0.2, -0.15) is 0 Å². The van der Waals surface area contributed by atoms with Gasteiger partial charge >= 0.3 is 0 Å². The summed E-state index contributed by atoms with van der Waals surface area (Å²) in [6, 6.07) is 5.57. The number of rotatable bonds is 5. The van der Waals surface area contributed by atoms with Gasteiger partial charge in [0.15, 0.2) is 0 Å². The summed E-state index contributed by atoms with van der Waals surface area (Å²) in [5.74, 6) is 0.934. The Morgan fingerprint density at radius 1 is 1.48 bits per heavy atom. The van der Waals surface area contributed by atoms with Gasteiger partial charge in [0.25, 0.3) is 0 Å². The molecule has 1 aliphatic heterocycles. The predicted octanol–water partition coefficient (Wildman–Crippen LogP) is 2.09. The third kappa shape index (κ3) is 4.85. The molecule has 118 valence electrons. The highest BCUT2D eigenvalue weighted by Gasteiger charge is 2.25. The molecule has 0 spiro atoms. The molecule has 0 amide bonds. The second kappa shape index (κ2) is 7.45. The van der Waals surface area contributed by atoms with Crippen molar-refractivity contribution in [2.45, 2.75) is 32.5 Å². The van der Waals surface area contributed by atoms with Gasteiger partial charge in [-0.15, -0.1) is 0 Å². The number of benzene rings is 1. The van der Waals surface area contributed by atoms with Gasteiger partial charge in [0.1, 0.15) is 18.5 Å². The monoisotopic (exact) mass is 313 g/mol. The fourth-order valence-corrected chi connectivity index (χ4v) is 2.71. The molecule has 2 N–H and O–H groups in total. The van der Waals surface area contributed by atoms with Crippen LogP contribution in [0, 0.1) is 12.8 Å². The summed E-state index contributed by atoms with van der Waals surface area (Å²) in [7, 11) is 0. The number of β-amino-alcohol motifs (C(OH)–C–C–N with tert-alkyl or cyclic N) is 2. The molecule has 21 heavy (non-hydrogen) atoms. The molecule has 0 radical (unpaired) electrons. The third-order valence-electron chi connectivity index (χ3n) is 3.99. The molecule has 1 heterocycles. The lowest BCUT2D eigenvalue weighted by atomic mass is 9.96. The minimum absolute atomic E-state index is 0.200. The van der Waals surface area contributed by atoms with Crippen LogP contribution in [0.3, 0.4) is 0 Å². The molecule has 1 aromatic rings. The van der Waals surface area contributed by atoms with Crippen LogP contribution in [-0.2, 0) is 0 Å². The van der Waals surface area contributed by atoms with Crippen molar-refractivity contribution in [3.05, 3.63) is 28.8 Å². The van der Waals surface area contributed by atoms with Crippen LogP contribution in [0.25, 0.3) is 0 Å². The van der Waals surface area contributed by atoms with Gasteiger partial charge in [0, 0.05) is 13.1 Å². The van der Waals surface area contributed by atoms with E-state index in [1.54, 1.807) is 6.07 Å². The van der Waals surface area contributed by atoms with E-state index in [1.165, 1.54) is 0 Å². The first-order valence-electron chi connectivity index (χ1n) is 7.43. The van der Waals surface area contributed by atoms with E-state index in [1.807, 2.05) is 19.1 Å². The molecule has 1 aliphatic rings. The number of ether oxygens (including phenoxy) is 1. The number of halogens is 1. The van der Waals surface area contributed by atoms with Crippen molar-refractivity contribution in [2.24, 2.45) is 5.92 Å². The quantitative estimate of drug-likeness (QED) is 0.874. The highest BCUT2D eigenvalue weighted by molar-refractivity contribution is 6.32. The number of aryl methyl sites for hydroxylation is 1. The van der Waals surface area contributed by atoms with E-state index < -0.39 is 6.10 Å². The van der Waals surface area contributed by atoms with Crippen molar-refractivity contribution in [1.29, 1.82) is 0 Å². The van der Waals surface area contributed by atoms with Gasteiger partial charge in [-0.05, 0) is 43.5 Å². The van der Waals surface area contributed by atoms with Gasteiger partial charge in [-0.25, -0.2) is 0 Å². The van der Waals surface area contributed by atoms with Crippen LogP contribution >= 0.6 is 11.6 Å².